The van der Waals surface area contributed by atoms with Crippen LogP contribution in [0.5, 0.6) is 0 Å². The van der Waals surface area contributed by atoms with E-state index >= 15 is 0 Å². The van der Waals surface area contributed by atoms with Crippen LogP contribution in [0, 0.1) is 12.3 Å². The average Bonchev–Trinajstić information content (AvgIpc) is 3.43. The van der Waals surface area contributed by atoms with Gasteiger partial charge in [-0.3, -0.25) is 19.6 Å². The van der Waals surface area contributed by atoms with Crippen LogP contribution >= 0.6 is 0 Å². The summed E-state index contributed by atoms with van der Waals surface area (Å²) in [7, 11) is 0. The fourth-order valence-electron chi connectivity index (χ4n) is 6.51. The van der Waals surface area contributed by atoms with Crippen LogP contribution in [0.4, 0.5) is 0 Å². The molecule has 0 saturated heterocycles. The Labute approximate surface area is 301 Å². The number of carbonyl (C=O) groups excluding carboxylic acids is 3. The molecule has 1 N–H and O–H groups in total. The van der Waals surface area contributed by atoms with E-state index in [1.54, 1.807) is 13.0 Å². The molecule has 4 rings (SSSR count). The maximum absolute atomic E-state index is 13.6. The molecule has 0 fully saturated rings. The van der Waals surface area contributed by atoms with Gasteiger partial charge in [0, 0.05) is 46.7 Å². The third kappa shape index (κ3) is 7.87. The Kier molecular flexibility index (Phi) is 12.5. The van der Waals surface area contributed by atoms with Crippen LogP contribution in [0.2, 0.25) is 0 Å². The molecule has 10 nitrogen and oxygen atoms in total. The molecule has 4 atom stereocenters. The van der Waals surface area contributed by atoms with Gasteiger partial charge in [0.05, 0.1) is 11.3 Å². The number of ketones is 1. The van der Waals surface area contributed by atoms with E-state index in [-0.39, 0.29) is 67.8 Å². The molecule has 0 amide bonds. The monoisotopic (exact) mass is 758 g/mol. The topological polar surface area (TPSA) is 152 Å². The first-order chi connectivity index (χ1) is 22.5. The van der Waals surface area contributed by atoms with Crippen molar-refractivity contribution in [3.63, 3.8) is 0 Å². The summed E-state index contributed by atoms with van der Waals surface area (Å²) >= 11 is 0. The van der Waals surface area contributed by atoms with E-state index in [1.165, 1.54) is 6.92 Å². The van der Waals surface area contributed by atoms with E-state index in [1.807, 2.05) is 39.8 Å². The van der Waals surface area contributed by atoms with Crippen LogP contribution in [0.1, 0.15) is 150 Å². The number of ether oxygens (including phenoxy) is 1. The number of carboxylic acids is 1. The number of cyclic esters (lactones) is 2. The SMILES string of the molecule is C#CC1C(=O)OC(=O)c2c3nc(cc(=C(C)C)[n-]/c(=C(\C)C(C)=O)cc4nc(cc(CC)[n-]c21)[C@H](CC)C4(C)C)[C@@H](C)[C@@H]3CCC(=O)O.[Pd+2]. The van der Waals surface area contributed by atoms with Crippen molar-refractivity contribution in [3.05, 3.63) is 68.6 Å². The molecule has 49 heavy (non-hydrogen) atoms. The van der Waals surface area contributed by atoms with E-state index < -0.39 is 35.2 Å². The summed E-state index contributed by atoms with van der Waals surface area (Å²) in [5, 5.41) is 10.6. The number of rotatable bonds is 6. The zero-order valence-electron chi connectivity index (χ0n) is 29.5. The number of nitrogens with zero attached hydrogens (tertiary/aromatic N) is 4. The van der Waals surface area contributed by atoms with Crippen LogP contribution in [-0.2, 0) is 51.4 Å². The summed E-state index contributed by atoms with van der Waals surface area (Å²) in [6.45, 7) is 17.1. The number of hydrogen-bond donors (Lipinski definition) is 1. The van der Waals surface area contributed by atoms with Crippen molar-refractivity contribution >= 4 is 34.8 Å². The number of terminal acetylenes is 1. The smallest absolute Gasteiger partial charge is 0.662 e. The predicted octanol–water partition coefficient (Wildman–Crippen LogP) is 4.54. The number of hydrogen-bond acceptors (Lipinski definition) is 7. The Hall–Kier alpha value is -4.12. The molecule has 0 spiro atoms. The maximum Gasteiger partial charge on any atom is 2.00 e. The summed E-state index contributed by atoms with van der Waals surface area (Å²) in [4.78, 5) is 71.0. The van der Waals surface area contributed by atoms with Gasteiger partial charge in [-0.1, -0.05) is 70.7 Å². The second-order valence-electron chi connectivity index (χ2n) is 13.4. The van der Waals surface area contributed by atoms with Gasteiger partial charge in [0.2, 0.25) is 0 Å². The summed E-state index contributed by atoms with van der Waals surface area (Å²) in [6.07, 6.45) is 7.02. The quantitative estimate of drug-likeness (QED) is 0.190. The fraction of sp³-hybridized carbons (Fsp3) is 0.474. The number of fused-ring (bicyclic) bond motifs is 6. The van der Waals surface area contributed by atoms with Gasteiger partial charge in [0.25, 0.3) is 0 Å². The molecule has 262 valence electrons. The van der Waals surface area contributed by atoms with Crippen molar-refractivity contribution < 1.29 is 49.4 Å². The van der Waals surface area contributed by atoms with Gasteiger partial charge < -0.3 is 19.8 Å². The summed E-state index contributed by atoms with van der Waals surface area (Å²) in [5.41, 5.74) is 3.80. The summed E-state index contributed by atoms with van der Waals surface area (Å²) < 4.78 is 5.15. The first-order valence-corrected chi connectivity index (χ1v) is 16.4. The van der Waals surface area contributed by atoms with Crippen LogP contribution in [0.15, 0.2) is 18.2 Å². The van der Waals surface area contributed by atoms with Crippen molar-refractivity contribution in [2.24, 2.45) is 0 Å². The minimum atomic E-state index is -1.28. The third-order valence-corrected chi connectivity index (χ3v) is 9.64. The largest absolute Gasteiger partial charge is 2.00 e. The Morgan fingerprint density at radius 1 is 1.02 bits per heavy atom. The van der Waals surface area contributed by atoms with Crippen molar-refractivity contribution in [2.75, 3.05) is 0 Å². The molecule has 3 aliphatic rings. The van der Waals surface area contributed by atoms with Crippen LogP contribution < -0.4 is 20.7 Å². The summed E-state index contributed by atoms with van der Waals surface area (Å²) in [5.74, 6) is -2.68. The summed E-state index contributed by atoms with van der Waals surface area (Å²) in [6, 6.07) is 5.55. The van der Waals surface area contributed by atoms with Crippen molar-refractivity contribution in [3.8, 4) is 12.3 Å². The molecule has 0 aliphatic carbocycles. The van der Waals surface area contributed by atoms with E-state index in [2.05, 4.69) is 26.7 Å². The van der Waals surface area contributed by atoms with E-state index in [0.717, 1.165) is 23.4 Å². The minimum Gasteiger partial charge on any atom is -0.662 e. The van der Waals surface area contributed by atoms with Gasteiger partial charge in [0.15, 0.2) is 5.78 Å². The Morgan fingerprint density at radius 2 is 1.69 bits per heavy atom. The standard InChI is InChI=1S/C38H46N4O6.Pd/c1-11-23-16-30-26(13-3)38(9,10)31(41-30)18-29(20(6)22(8)43)40-27(19(4)5)17-28-21(7)25(14-15-32(44)45)35(42-28)33-34(39-23)24(12-2)36(46)48-37(33)47;/h2,16-18,21,24-26H,11,13-15H2,1,3-10H3,(H3,39,40,41,42,43,44,45,47);/q;+2/p-2/t21-,24?,25-,26-;/m0./s1. The molecular weight excluding hydrogens is 715 g/mol. The van der Waals surface area contributed by atoms with E-state index in [4.69, 9.17) is 31.1 Å². The first-order valence-electron chi connectivity index (χ1n) is 16.4. The second-order valence-corrected chi connectivity index (χ2v) is 13.4. The molecule has 1 unspecified atom stereocenters. The minimum absolute atomic E-state index is 0. The Morgan fingerprint density at radius 3 is 2.24 bits per heavy atom. The molecular formula is C38H44N4O6Pd. The Bertz CT molecular complexity index is 1940. The molecule has 4 heterocycles. The number of aryl methyl sites for hydroxylation is 1. The second kappa shape index (κ2) is 15.6. The third-order valence-electron chi connectivity index (χ3n) is 9.64. The van der Waals surface area contributed by atoms with Gasteiger partial charge in [-0.15, -0.1) is 22.8 Å². The van der Waals surface area contributed by atoms with Gasteiger partial charge in [-0.25, -0.2) is 9.59 Å². The van der Waals surface area contributed by atoms with E-state index in [9.17, 15) is 24.3 Å². The van der Waals surface area contributed by atoms with Crippen molar-refractivity contribution in [1.29, 1.82) is 0 Å². The van der Waals surface area contributed by atoms with Gasteiger partial charge in [-0.2, -0.15) is 5.69 Å². The molecule has 11 heteroatoms. The molecule has 4 bridgehead atoms. The molecule has 3 aliphatic heterocycles. The fourth-order valence-corrected chi connectivity index (χ4v) is 6.51. The number of aromatic nitrogens is 4. The van der Waals surface area contributed by atoms with Gasteiger partial charge in [0.1, 0.15) is 5.92 Å². The van der Waals surface area contributed by atoms with Gasteiger partial charge >= 0.3 is 38.3 Å². The predicted molar refractivity (Wildman–Crippen MR) is 181 cm³/mol. The number of carbonyl (C=O) groups is 4. The zero-order chi connectivity index (χ0) is 35.7. The molecule has 0 radical (unpaired) electrons. The first kappa shape index (κ1) is 39.3. The van der Waals surface area contributed by atoms with Crippen LogP contribution in [-0.4, -0.2) is 38.8 Å². The van der Waals surface area contributed by atoms with Gasteiger partial charge in [-0.05, 0) is 46.1 Å². The normalized spacial score (nSPS) is 21.1. The van der Waals surface area contributed by atoms with E-state index in [0.29, 0.717) is 34.1 Å². The average molecular weight is 759 g/mol. The Balaban J connectivity index is 0.00000650. The van der Waals surface area contributed by atoms with Crippen LogP contribution in [0.25, 0.3) is 11.1 Å². The number of esters is 2. The maximum atomic E-state index is 13.6. The molecule has 1 aromatic rings. The van der Waals surface area contributed by atoms with Crippen molar-refractivity contribution in [1.82, 2.24) is 19.9 Å². The number of Topliss-reactive ketones (excluding diaryl/α,β-unsaturated/α-hetero) is 1. The number of aliphatic carboxylic acids is 1. The van der Waals surface area contributed by atoms with Crippen molar-refractivity contribution in [2.45, 2.75) is 117 Å². The number of carboxylic acid groups (broad SMARTS) is 1. The van der Waals surface area contributed by atoms with Crippen LogP contribution in [0.3, 0.4) is 0 Å². The molecule has 0 saturated carbocycles. The zero-order valence-corrected chi connectivity index (χ0v) is 31.1. The molecule has 0 aromatic carbocycles. The molecule has 1 aromatic heterocycles.